The van der Waals surface area contributed by atoms with Crippen molar-refractivity contribution in [1.82, 2.24) is 15.5 Å². The number of hydrogen-bond donors (Lipinski definition) is 3. The van der Waals surface area contributed by atoms with E-state index in [9.17, 15) is 5.11 Å². The summed E-state index contributed by atoms with van der Waals surface area (Å²) >= 11 is 1.59. The Bertz CT molecular complexity index is 537. The minimum absolute atomic E-state index is 0.0258. The number of rotatable bonds is 7. The van der Waals surface area contributed by atoms with Crippen LogP contribution in [0.25, 0.3) is 0 Å². The van der Waals surface area contributed by atoms with Crippen LogP contribution in [0.2, 0.25) is 0 Å². The third-order valence-electron chi connectivity index (χ3n) is 4.58. The molecule has 1 aliphatic rings. The van der Waals surface area contributed by atoms with Crippen molar-refractivity contribution in [2.45, 2.75) is 38.8 Å². The number of nitrogens with one attached hydrogen (secondary N) is 2. The fourth-order valence-electron chi connectivity index (χ4n) is 2.81. The van der Waals surface area contributed by atoms with Gasteiger partial charge >= 0.3 is 0 Å². The molecule has 0 radical (unpaired) electrons. The second kappa shape index (κ2) is 8.98. The smallest absolute Gasteiger partial charge is 0.191 e. The van der Waals surface area contributed by atoms with E-state index in [2.05, 4.69) is 29.4 Å². The highest BCUT2D eigenvalue weighted by Crippen LogP contribution is 2.22. The minimum atomic E-state index is -0.921. The molecular weight excluding hydrogens is 336 g/mol. The summed E-state index contributed by atoms with van der Waals surface area (Å²) in [5.74, 6) is 0.735. The molecule has 1 aliphatic heterocycles. The number of nitrogens with zero attached hydrogens (tertiary/aromatic N) is 2. The fourth-order valence-corrected chi connectivity index (χ4v) is 3.59. The van der Waals surface area contributed by atoms with E-state index in [-0.39, 0.29) is 5.54 Å². The molecule has 2 heterocycles. The number of thiophene rings is 1. The van der Waals surface area contributed by atoms with E-state index < -0.39 is 5.60 Å². The highest BCUT2D eigenvalue weighted by atomic mass is 32.1. The van der Waals surface area contributed by atoms with Crippen molar-refractivity contribution in [2.24, 2.45) is 4.99 Å². The largest absolute Gasteiger partial charge is 0.384 e. The van der Waals surface area contributed by atoms with Gasteiger partial charge in [-0.15, -0.1) is 0 Å². The van der Waals surface area contributed by atoms with Crippen molar-refractivity contribution in [3.05, 3.63) is 22.4 Å². The lowest BCUT2D eigenvalue weighted by Crippen LogP contribution is -2.52. The lowest BCUT2D eigenvalue weighted by molar-refractivity contribution is -0.00685. The van der Waals surface area contributed by atoms with Gasteiger partial charge in [-0.2, -0.15) is 11.3 Å². The van der Waals surface area contributed by atoms with Gasteiger partial charge in [0.2, 0.25) is 0 Å². The Morgan fingerprint density at radius 3 is 2.64 bits per heavy atom. The standard InChI is InChI=1S/C18H32N4O2S/c1-5-19-16(21-14-18(4,23)15-6-11-25-12-15)20-13-17(2,3)22-7-9-24-10-8-22/h6,11-12,23H,5,7-10,13-14H2,1-4H3,(H2,19,20,21). The van der Waals surface area contributed by atoms with Gasteiger partial charge in [-0.05, 0) is 50.1 Å². The van der Waals surface area contributed by atoms with Gasteiger partial charge in [0.15, 0.2) is 5.96 Å². The SMILES string of the molecule is CCNC(=NCC(C)(C)N1CCOCC1)NCC(C)(O)c1ccsc1. The van der Waals surface area contributed by atoms with E-state index in [1.54, 1.807) is 11.3 Å². The van der Waals surface area contributed by atoms with E-state index in [4.69, 9.17) is 9.73 Å². The average molecular weight is 369 g/mol. The number of morpholine rings is 1. The lowest BCUT2D eigenvalue weighted by atomic mass is 9.99. The topological polar surface area (TPSA) is 69.1 Å². The normalized spacial score (nSPS) is 19.5. The molecule has 0 aromatic carbocycles. The monoisotopic (exact) mass is 368 g/mol. The number of ether oxygens (including phenoxy) is 1. The molecule has 0 aliphatic carbocycles. The quantitative estimate of drug-likeness (QED) is 0.504. The van der Waals surface area contributed by atoms with Gasteiger partial charge in [-0.1, -0.05) is 0 Å². The molecule has 1 fully saturated rings. The van der Waals surface area contributed by atoms with Gasteiger partial charge in [0.05, 0.1) is 26.3 Å². The zero-order valence-corrected chi connectivity index (χ0v) is 16.7. The molecule has 0 spiro atoms. The van der Waals surface area contributed by atoms with Gasteiger partial charge in [0.1, 0.15) is 5.60 Å². The summed E-state index contributed by atoms with van der Waals surface area (Å²) in [6, 6.07) is 1.96. The number of aliphatic imine (C=N–C) groups is 1. The molecule has 0 saturated carbocycles. The van der Waals surface area contributed by atoms with Crippen LogP contribution >= 0.6 is 11.3 Å². The summed E-state index contributed by atoms with van der Waals surface area (Å²) in [5, 5.41) is 21.2. The molecule has 1 saturated heterocycles. The molecule has 0 amide bonds. The third kappa shape index (κ3) is 5.95. The molecule has 7 heteroatoms. The Morgan fingerprint density at radius 1 is 1.32 bits per heavy atom. The Balaban J connectivity index is 1.95. The number of guanidine groups is 1. The van der Waals surface area contributed by atoms with Crippen molar-refractivity contribution in [3.8, 4) is 0 Å². The maximum absolute atomic E-state index is 10.7. The van der Waals surface area contributed by atoms with Gasteiger partial charge in [-0.25, -0.2) is 0 Å². The molecule has 1 aromatic heterocycles. The molecule has 1 unspecified atom stereocenters. The van der Waals surface area contributed by atoms with Crippen molar-refractivity contribution in [2.75, 3.05) is 45.9 Å². The summed E-state index contributed by atoms with van der Waals surface area (Å²) < 4.78 is 5.44. The van der Waals surface area contributed by atoms with Crippen LogP contribution in [-0.2, 0) is 10.3 Å². The molecule has 142 valence electrons. The maximum Gasteiger partial charge on any atom is 0.191 e. The zero-order valence-electron chi connectivity index (χ0n) is 15.8. The summed E-state index contributed by atoms with van der Waals surface area (Å²) in [5.41, 5.74) is -0.0210. The second-order valence-corrected chi connectivity index (χ2v) is 8.03. The summed E-state index contributed by atoms with van der Waals surface area (Å²) in [4.78, 5) is 7.17. The number of hydrogen-bond acceptors (Lipinski definition) is 5. The van der Waals surface area contributed by atoms with E-state index in [1.165, 1.54) is 0 Å². The van der Waals surface area contributed by atoms with Crippen molar-refractivity contribution in [3.63, 3.8) is 0 Å². The second-order valence-electron chi connectivity index (χ2n) is 7.25. The number of aliphatic hydroxyl groups is 1. The molecule has 3 N–H and O–H groups in total. The summed E-state index contributed by atoms with van der Waals surface area (Å²) in [6.07, 6.45) is 0. The van der Waals surface area contributed by atoms with Crippen LogP contribution in [0.1, 0.15) is 33.3 Å². The molecule has 2 rings (SSSR count). The first-order chi connectivity index (χ1) is 11.8. The maximum atomic E-state index is 10.7. The van der Waals surface area contributed by atoms with Crippen LogP contribution < -0.4 is 10.6 Å². The van der Waals surface area contributed by atoms with Gasteiger partial charge < -0.3 is 20.5 Å². The summed E-state index contributed by atoms with van der Waals surface area (Å²) in [6.45, 7) is 13.6. The van der Waals surface area contributed by atoms with Gasteiger partial charge in [0.25, 0.3) is 0 Å². The Labute approximate surface area is 155 Å². The highest BCUT2D eigenvalue weighted by Gasteiger charge is 2.28. The minimum Gasteiger partial charge on any atom is -0.384 e. The van der Waals surface area contributed by atoms with Crippen LogP contribution in [0.4, 0.5) is 0 Å². The van der Waals surface area contributed by atoms with Crippen LogP contribution in [0.15, 0.2) is 21.8 Å². The predicted molar refractivity (Wildman–Crippen MR) is 104 cm³/mol. The van der Waals surface area contributed by atoms with E-state index >= 15 is 0 Å². The zero-order chi connectivity index (χ0) is 18.3. The van der Waals surface area contributed by atoms with Gasteiger partial charge in [-0.3, -0.25) is 9.89 Å². The first-order valence-electron chi connectivity index (χ1n) is 8.95. The van der Waals surface area contributed by atoms with Crippen LogP contribution in [0.5, 0.6) is 0 Å². The van der Waals surface area contributed by atoms with Crippen molar-refractivity contribution in [1.29, 1.82) is 0 Å². The molecule has 0 bridgehead atoms. The lowest BCUT2D eigenvalue weighted by Gasteiger charge is -2.40. The summed E-state index contributed by atoms with van der Waals surface area (Å²) in [7, 11) is 0. The van der Waals surface area contributed by atoms with E-state index in [0.29, 0.717) is 13.1 Å². The van der Waals surface area contributed by atoms with Crippen LogP contribution in [0.3, 0.4) is 0 Å². The fraction of sp³-hybridized carbons (Fsp3) is 0.722. The Morgan fingerprint density at radius 2 is 2.04 bits per heavy atom. The van der Waals surface area contributed by atoms with E-state index in [1.807, 2.05) is 30.7 Å². The Hall–Kier alpha value is -1.15. The molecule has 1 atom stereocenters. The van der Waals surface area contributed by atoms with E-state index in [0.717, 1.165) is 44.4 Å². The molecule has 1 aromatic rings. The Kier molecular flexibility index (Phi) is 7.25. The van der Waals surface area contributed by atoms with Crippen LogP contribution in [0, 0.1) is 0 Å². The average Bonchev–Trinajstić information content (AvgIpc) is 3.14. The first-order valence-corrected chi connectivity index (χ1v) is 9.89. The highest BCUT2D eigenvalue weighted by molar-refractivity contribution is 7.08. The molecule has 6 nitrogen and oxygen atoms in total. The van der Waals surface area contributed by atoms with Gasteiger partial charge in [0, 0.05) is 25.2 Å². The molecule has 25 heavy (non-hydrogen) atoms. The predicted octanol–water partition coefficient (Wildman–Crippen LogP) is 1.62. The molecular formula is C18H32N4O2S. The van der Waals surface area contributed by atoms with Crippen molar-refractivity contribution >= 4 is 17.3 Å². The third-order valence-corrected chi connectivity index (χ3v) is 5.26. The van der Waals surface area contributed by atoms with Crippen LogP contribution in [-0.4, -0.2) is 67.4 Å². The first kappa shape index (κ1) is 20.2. The van der Waals surface area contributed by atoms with Crippen molar-refractivity contribution < 1.29 is 9.84 Å².